The number of halogens is 1. The van der Waals surface area contributed by atoms with Gasteiger partial charge in [-0.1, -0.05) is 11.6 Å². The fourth-order valence-electron chi connectivity index (χ4n) is 1.94. The second kappa shape index (κ2) is 7.09. The number of anilines is 1. The average molecular weight is 318 g/mol. The Morgan fingerprint density at radius 2 is 1.73 bits per heavy atom. The minimum Gasteiger partial charge on any atom is -0.462 e. The second-order valence-electron chi connectivity index (χ2n) is 4.71. The van der Waals surface area contributed by atoms with Gasteiger partial charge >= 0.3 is 5.97 Å². The van der Waals surface area contributed by atoms with Crippen LogP contribution in [0.1, 0.15) is 33.2 Å². The molecular weight excluding hydrogens is 302 g/mol. The van der Waals surface area contributed by atoms with E-state index in [0.29, 0.717) is 28.4 Å². The first-order valence-electron chi connectivity index (χ1n) is 6.86. The fraction of sp³-hybridized carbons (Fsp3) is 0.176. The Kier molecular flexibility index (Phi) is 5.17. The van der Waals surface area contributed by atoms with Crippen LogP contribution in [0, 0.1) is 6.92 Å². The number of hydrogen-bond acceptors (Lipinski definition) is 3. The Bertz CT molecular complexity index is 696. The van der Waals surface area contributed by atoms with E-state index in [1.807, 2.05) is 6.92 Å². The smallest absolute Gasteiger partial charge is 0.338 e. The van der Waals surface area contributed by atoms with Crippen molar-refractivity contribution < 1.29 is 14.3 Å². The lowest BCUT2D eigenvalue weighted by Crippen LogP contribution is -2.13. The zero-order chi connectivity index (χ0) is 16.1. The maximum absolute atomic E-state index is 12.2. The number of hydrogen-bond donors (Lipinski definition) is 1. The maximum Gasteiger partial charge on any atom is 0.338 e. The molecular formula is C17H16ClNO3. The number of carbonyl (C=O) groups is 2. The maximum atomic E-state index is 12.2. The molecule has 0 heterocycles. The summed E-state index contributed by atoms with van der Waals surface area (Å²) in [7, 11) is 0. The molecule has 0 unspecified atom stereocenters. The molecule has 0 aliphatic rings. The first-order valence-corrected chi connectivity index (χ1v) is 7.23. The topological polar surface area (TPSA) is 55.4 Å². The van der Waals surface area contributed by atoms with Gasteiger partial charge in [-0.2, -0.15) is 0 Å². The van der Waals surface area contributed by atoms with E-state index in [0.717, 1.165) is 5.56 Å². The molecule has 4 nitrogen and oxygen atoms in total. The molecule has 1 N–H and O–H groups in total. The van der Waals surface area contributed by atoms with E-state index in [9.17, 15) is 9.59 Å². The molecule has 0 aliphatic carbocycles. The lowest BCUT2D eigenvalue weighted by molar-refractivity contribution is 0.0526. The van der Waals surface area contributed by atoms with Crippen molar-refractivity contribution in [1.82, 2.24) is 0 Å². The summed E-state index contributed by atoms with van der Waals surface area (Å²) >= 11 is 5.80. The van der Waals surface area contributed by atoms with Crippen LogP contribution in [0.15, 0.2) is 42.5 Å². The van der Waals surface area contributed by atoms with Crippen LogP contribution in [0.5, 0.6) is 0 Å². The predicted octanol–water partition coefficient (Wildman–Crippen LogP) is 4.08. The van der Waals surface area contributed by atoms with Crippen molar-refractivity contribution in [2.75, 3.05) is 11.9 Å². The van der Waals surface area contributed by atoms with Gasteiger partial charge in [0.05, 0.1) is 12.2 Å². The highest BCUT2D eigenvalue weighted by Crippen LogP contribution is 2.19. The molecule has 5 heteroatoms. The van der Waals surface area contributed by atoms with Gasteiger partial charge in [-0.3, -0.25) is 4.79 Å². The summed E-state index contributed by atoms with van der Waals surface area (Å²) in [5.41, 5.74) is 2.41. The molecule has 0 fully saturated rings. The van der Waals surface area contributed by atoms with Crippen LogP contribution < -0.4 is 5.32 Å². The summed E-state index contributed by atoms with van der Waals surface area (Å²) in [6.45, 7) is 3.90. The molecule has 0 saturated carbocycles. The van der Waals surface area contributed by atoms with Crippen molar-refractivity contribution in [3.63, 3.8) is 0 Å². The molecule has 0 bridgehead atoms. The summed E-state index contributed by atoms with van der Waals surface area (Å²) in [6, 6.07) is 11.6. The summed E-state index contributed by atoms with van der Waals surface area (Å²) in [5, 5.41) is 3.39. The zero-order valence-corrected chi connectivity index (χ0v) is 13.1. The quantitative estimate of drug-likeness (QED) is 0.864. The summed E-state index contributed by atoms with van der Waals surface area (Å²) < 4.78 is 4.95. The minimum absolute atomic E-state index is 0.233. The molecule has 1 amide bonds. The number of amides is 1. The third-order valence-electron chi connectivity index (χ3n) is 3.09. The molecule has 114 valence electrons. The second-order valence-corrected chi connectivity index (χ2v) is 5.15. The summed E-state index contributed by atoms with van der Waals surface area (Å²) in [6.07, 6.45) is 0. The van der Waals surface area contributed by atoms with Crippen LogP contribution in [-0.2, 0) is 4.74 Å². The first kappa shape index (κ1) is 16.0. The van der Waals surface area contributed by atoms with Crippen LogP contribution >= 0.6 is 11.6 Å². The third-order valence-corrected chi connectivity index (χ3v) is 3.34. The van der Waals surface area contributed by atoms with Crippen LogP contribution in [-0.4, -0.2) is 18.5 Å². The van der Waals surface area contributed by atoms with Crippen molar-refractivity contribution in [2.45, 2.75) is 13.8 Å². The molecule has 2 rings (SSSR count). The van der Waals surface area contributed by atoms with Crippen molar-refractivity contribution in [2.24, 2.45) is 0 Å². The van der Waals surface area contributed by atoms with Crippen LogP contribution in [0.2, 0.25) is 5.02 Å². The first-order chi connectivity index (χ1) is 10.5. The van der Waals surface area contributed by atoms with Gasteiger partial charge in [0.15, 0.2) is 0 Å². The van der Waals surface area contributed by atoms with Gasteiger partial charge in [0.1, 0.15) is 0 Å². The number of esters is 1. The van der Waals surface area contributed by atoms with Gasteiger partial charge in [-0.05, 0) is 61.9 Å². The Morgan fingerprint density at radius 1 is 1.09 bits per heavy atom. The van der Waals surface area contributed by atoms with E-state index >= 15 is 0 Å². The highest BCUT2D eigenvalue weighted by atomic mass is 35.5. The Morgan fingerprint density at radius 3 is 2.32 bits per heavy atom. The summed E-state index contributed by atoms with van der Waals surface area (Å²) in [5.74, 6) is -0.607. The van der Waals surface area contributed by atoms with E-state index < -0.39 is 0 Å². The number of benzene rings is 2. The van der Waals surface area contributed by atoms with Crippen LogP contribution in [0.25, 0.3) is 0 Å². The van der Waals surface area contributed by atoms with Crippen molar-refractivity contribution >= 4 is 29.2 Å². The van der Waals surface area contributed by atoms with Gasteiger partial charge < -0.3 is 10.1 Å². The molecule has 2 aromatic rings. The van der Waals surface area contributed by atoms with E-state index in [1.165, 1.54) is 0 Å². The Labute approximate surface area is 134 Å². The zero-order valence-electron chi connectivity index (χ0n) is 12.4. The fourth-order valence-corrected chi connectivity index (χ4v) is 2.07. The number of carbonyl (C=O) groups excluding carboxylic acids is 2. The summed E-state index contributed by atoms with van der Waals surface area (Å²) in [4.78, 5) is 23.8. The molecule has 0 spiro atoms. The van der Waals surface area contributed by atoms with Crippen LogP contribution in [0.3, 0.4) is 0 Å². The lowest BCUT2D eigenvalue weighted by Gasteiger charge is -2.10. The molecule has 0 aliphatic heterocycles. The molecule has 0 aromatic heterocycles. The Balaban J connectivity index is 2.14. The normalized spacial score (nSPS) is 10.1. The molecule has 0 atom stereocenters. The van der Waals surface area contributed by atoms with Crippen molar-refractivity contribution in [3.8, 4) is 0 Å². The molecule has 22 heavy (non-hydrogen) atoms. The third kappa shape index (κ3) is 3.86. The number of ether oxygens (including phenoxy) is 1. The average Bonchev–Trinajstić information content (AvgIpc) is 2.50. The van der Waals surface area contributed by atoms with Gasteiger partial charge in [-0.25, -0.2) is 4.79 Å². The van der Waals surface area contributed by atoms with Gasteiger partial charge in [0, 0.05) is 16.3 Å². The molecule has 0 saturated heterocycles. The monoisotopic (exact) mass is 317 g/mol. The number of aryl methyl sites for hydroxylation is 1. The lowest BCUT2D eigenvalue weighted by atomic mass is 10.1. The van der Waals surface area contributed by atoms with E-state index in [2.05, 4.69) is 5.32 Å². The van der Waals surface area contributed by atoms with Gasteiger partial charge in [0.2, 0.25) is 0 Å². The molecule has 2 aromatic carbocycles. The molecule has 0 radical (unpaired) electrons. The standard InChI is InChI=1S/C17H16ClNO3/c1-3-22-17(21)13-6-9-15(11(2)10-13)19-16(20)12-4-7-14(18)8-5-12/h4-10H,3H2,1-2H3,(H,19,20). The van der Waals surface area contributed by atoms with E-state index in [-0.39, 0.29) is 11.9 Å². The van der Waals surface area contributed by atoms with E-state index in [1.54, 1.807) is 49.4 Å². The highest BCUT2D eigenvalue weighted by molar-refractivity contribution is 6.30. The van der Waals surface area contributed by atoms with Gasteiger partial charge in [0.25, 0.3) is 5.91 Å². The Hall–Kier alpha value is -2.33. The largest absolute Gasteiger partial charge is 0.462 e. The number of rotatable bonds is 4. The predicted molar refractivity (Wildman–Crippen MR) is 86.5 cm³/mol. The minimum atomic E-state index is -0.374. The van der Waals surface area contributed by atoms with Crippen LogP contribution in [0.4, 0.5) is 5.69 Å². The number of nitrogens with one attached hydrogen (secondary N) is 1. The van der Waals surface area contributed by atoms with Crippen molar-refractivity contribution in [3.05, 3.63) is 64.2 Å². The van der Waals surface area contributed by atoms with Crippen molar-refractivity contribution in [1.29, 1.82) is 0 Å². The van der Waals surface area contributed by atoms with E-state index in [4.69, 9.17) is 16.3 Å². The highest BCUT2D eigenvalue weighted by Gasteiger charge is 2.11. The van der Waals surface area contributed by atoms with Gasteiger partial charge in [-0.15, -0.1) is 0 Å². The SMILES string of the molecule is CCOC(=O)c1ccc(NC(=O)c2ccc(Cl)cc2)c(C)c1.